The Morgan fingerprint density at radius 3 is 2.70 bits per heavy atom. The molecule has 2 aliphatic heterocycles. The molecule has 1 amide bonds. The molecule has 0 fully saturated rings. The summed E-state index contributed by atoms with van der Waals surface area (Å²) in [6.07, 6.45) is -3.18. The number of nitrogens with zero attached hydrogens (tertiary/aromatic N) is 2. The van der Waals surface area contributed by atoms with Crippen molar-refractivity contribution in [1.82, 2.24) is 20.6 Å². The van der Waals surface area contributed by atoms with Gasteiger partial charge in [0.2, 0.25) is 5.95 Å². The van der Waals surface area contributed by atoms with Crippen molar-refractivity contribution in [3.05, 3.63) is 69.4 Å². The topological polar surface area (TPSA) is 91.0 Å². The van der Waals surface area contributed by atoms with Gasteiger partial charge in [0.1, 0.15) is 11.4 Å². The van der Waals surface area contributed by atoms with E-state index in [1.54, 1.807) is 12.1 Å². The van der Waals surface area contributed by atoms with Gasteiger partial charge in [0.25, 0.3) is 5.91 Å². The summed E-state index contributed by atoms with van der Waals surface area (Å²) in [7, 11) is 0. The van der Waals surface area contributed by atoms with Crippen molar-refractivity contribution >= 4 is 40.6 Å². The molecular formula is C22H18ClF3N6O. The average Bonchev–Trinajstić information content (AvgIpc) is 3.15. The van der Waals surface area contributed by atoms with Crippen molar-refractivity contribution in [2.45, 2.75) is 25.7 Å². The molecule has 7 nitrogen and oxygen atoms in total. The number of hydrogen-bond donors (Lipinski definition) is 4. The van der Waals surface area contributed by atoms with Gasteiger partial charge in [-0.3, -0.25) is 4.79 Å². The molecule has 0 saturated heterocycles. The second kappa shape index (κ2) is 8.20. The molecule has 2 aliphatic rings. The van der Waals surface area contributed by atoms with Crippen LogP contribution in [0.1, 0.15) is 32.6 Å². The minimum atomic E-state index is -4.70. The molecule has 2 aromatic carbocycles. The van der Waals surface area contributed by atoms with Crippen LogP contribution in [-0.2, 0) is 25.7 Å². The molecule has 0 saturated carbocycles. The van der Waals surface area contributed by atoms with Crippen molar-refractivity contribution in [2.24, 2.45) is 0 Å². The number of fused-ring (bicyclic) bond motifs is 2. The van der Waals surface area contributed by atoms with E-state index in [0.717, 1.165) is 24.1 Å². The number of hydrogen-bond acceptors (Lipinski definition) is 6. The molecule has 5 rings (SSSR count). The molecule has 4 N–H and O–H groups in total. The van der Waals surface area contributed by atoms with Crippen molar-refractivity contribution in [3.63, 3.8) is 0 Å². The Morgan fingerprint density at radius 1 is 1.03 bits per heavy atom. The number of carbonyl (C=O) groups excluding carboxylic acids is 1. The van der Waals surface area contributed by atoms with E-state index in [1.807, 2.05) is 12.1 Å². The first-order valence-corrected chi connectivity index (χ1v) is 10.6. The summed E-state index contributed by atoms with van der Waals surface area (Å²) >= 11 is 6.38. The van der Waals surface area contributed by atoms with Crippen LogP contribution in [-0.4, -0.2) is 22.4 Å². The van der Waals surface area contributed by atoms with Gasteiger partial charge in [-0.25, -0.2) is 4.98 Å². The van der Waals surface area contributed by atoms with Crippen molar-refractivity contribution in [2.75, 3.05) is 17.2 Å². The third-order valence-corrected chi connectivity index (χ3v) is 5.90. The summed E-state index contributed by atoms with van der Waals surface area (Å²) in [6, 6.07) is 8.62. The van der Waals surface area contributed by atoms with E-state index in [1.165, 1.54) is 6.07 Å². The SMILES string of the molecule is O=C1NCc2cccc(Nc3nc(Nc4cc5c(cc4Cl)CNCC5)ncc3C(F)(F)F)c21. The Morgan fingerprint density at radius 2 is 1.88 bits per heavy atom. The molecule has 0 atom stereocenters. The quantitative estimate of drug-likeness (QED) is 0.444. The van der Waals surface area contributed by atoms with Gasteiger partial charge in [0.15, 0.2) is 0 Å². The van der Waals surface area contributed by atoms with Crippen molar-refractivity contribution in [1.29, 1.82) is 0 Å². The predicted octanol–water partition coefficient (Wildman–Crippen LogP) is 4.53. The second-order valence-electron chi connectivity index (χ2n) is 7.75. The number of carbonyl (C=O) groups is 1. The van der Waals surface area contributed by atoms with Crippen LogP contribution in [0.3, 0.4) is 0 Å². The van der Waals surface area contributed by atoms with Gasteiger partial charge in [-0.1, -0.05) is 23.7 Å². The van der Waals surface area contributed by atoms with Crippen molar-refractivity contribution < 1.29 is 18.0 Å². The lowest BCUT2D eigenvalue weighted by Crippen LogP contribution is -2.23. The average molecular weight is 475 g/mol. The molecule has 33 heavy (non-hydrogen) atoms. The molecule has 0 spiro atoms. The molecule has 0 unspecified atom stereocenters. The summed E-state index contributed by atoms with van der Waals surface area (Å²) in [5.41, 5.74) is 2.85. The highest BCUT2D eigenvalue weighted by Crippen LogP contribution is 2.37. The fourth-order valence-corrected chi connectivity index (χ4v) is 4.21. The van der Waals surface area contributed by atoms with Gasteiger partial charge < -0.3 is 21.3 Å². The van der Waals surface area contributed by atoms with E-state index in [4.69, 9.17) is 11.6 Å². The normalized spacial score (nSPS) is 15.0. The fraction of sp³-hybridized carbons (Fsp3) is 0.227. The fourth-order valence-electron chi connectivity index (χ4n) is 3.97. The van der Waals surface area contributed by atoms with Gasteiger partial charge in [0, 0.05) is 19.3 Å². The van der Waals surface area contributed by atoms with Crippen LogP contribution in [0.25, 0.3) is 0 Å². The highest BCUT2D eigenvalue weighted by Gasteiger charge is 2.36. The maximum Gasteiger partial charge on any atom is 0.421 e. The molecule has 0 radical (unpaired) electrons. The first-order valence-electron chi connectivity index (χ1n) is 10.2. The number of amides is 1. The van der Waals surface area contributed by atoms with Crippen LogP contribution in [0, 0.1) is 0 Å². The van der Waals surface area contributed by atoms with E-state index in [-0.39, 0.29) is 17.5 Å². The van der Waals surface area contributed by atoms with E-state index in [9.17, 15) is 18.0 Å². The van der Waals surface area contributed by atoms with Crippen LogP contribution in [0.2, 0.25) is 5.02 Å². The highest BCUT2D eigenvalue weighted by molar-refractivity contribution is 6.33. The number of benzene rings is 2. The molecule has 1 aromatic heterocycles. The van der Waals surface area contributed by atoms with Crippen LogP contribution in [0.4, 0.5) is 36.3 Å². The lowest BCUT2D eigenvalue weighted by molar-refractivity contribution is -0.137. The van der Waals surface area contributed by atoms with Gasteiger partial charge in [-0.2, -0.15) is 18.2 Å². The zero-order valence-electron chi connectivity index (χ0n) is 17.1. The molecule has 11 heteroatoms. The Balaban J connectivity index is 1.51. The van der Waals surface area contributed by atoms with Crippen LogP contribution >= 0.6 is 11.6 Å². The van der Waals surface area contributed by atoms with E-state index in [2.05, 4.69) is 31.2 Å². The lowest BCUT2D eigenvalue weighted by Gasteiger charge is -2.20. The third-order valence-electron chi connectivity index (χ3n) is 5.59. The van der Waals surface area contributed by atoms with Crippen LogP contribution < -0.4 is 21.3 Å². The monoisotopic (exact) mass is 474 g/mol. The molecule has 3 aromatic rings. The largest absolute Gasteiger partial charge is 0.421 e. The Hall–Kier alpha value is -3.37. The predicted molar refractivity (Wildman–Crippen MR) is 118 cm³/mol. The number of nitrogens with one attached hydrogen (secondary N) is 4. The summed E-state index contributed by atoms with van der Waals surface area (Å²) in [5, 5.41) is 12.0. The summed E-state index contributed by atoms with van der Waals surface area (Å²) in [4.78, 5) is 20.1. The van der Waals surface area contributed by atoms with E-state index in [0.29, 0.717) is 41.1 Å². The summed E-state index contributed by atoms with van der Waals surface area (Å²) in [5.74, 6) is -0.880. The molecular weight excluding hydrogens is 457 g/mol. The van der Waals surface area contributed by atoms with E-state index >= 15 is 0 Å². The molecule has 170 valence electrons. The van der Waals surface area contributed by atoms with Gasteiger partial charge in [-0.15, -0.1) is 0 Å². The van der Waals surface area contributed by atoms with Gasteiger partial charge in [0.05, 0.1) is 22.0 Å². The second-order valence-corrected chi connectivity index (χ2v) is 8.16. The first kappa shape index (κ1) is 21.5. The number of anilines is 4. The summed E-state index contributed by atoms with van der Waals surface area (Å²) < 4.78 is 41.0. The third kappa shape index (κ3) is 4.19. The molecule has 0 aliphatic carbocycles. The number of alkyl halides is 3. The molecule has 3 heterocycles. The smallest absolute Gasteiger partial charge is 0.348 e. The van der Waals surface area contributed by atoms with Crippen LogP contribution in [0.5, 0.6) is 0 Å². The maximum absolute atomic E-state index is 13.7. The minimum Gasteiger partial charge on any atom is -0.348 e. The Bertz CT molecular complexity index is 1260. The minimum absolute atomic E-state index is 0.0571. The van der Waals surface area contributed by atoms with Gasteiger partial charge >= 0.3 is 6.18 Å². The maximum atomic E-state index is 13.7. The highest BCUT2D eigenvalue weighted by atomic mass is 35.5. The zero-order valence-corrected chi connectivity index (χ0v) is 17.9. The van der Waals surface area contributed by atoms with Gasteiger partial charge in [-0.05, 0) is 47.9 Å². The number of rotatable bonds is 4. The summed E-state index contributed by atoms with van der Waals surface area (Å²) in [6.45, 7) is 1.85. The number of halogens is 4. The zero-order chi connectivity index (χ0) is 23.2. The number of aromatic nitrogens is 2. The Kier molecular flexibility index (Phi) is 5.34. The lowest BCUT2D eigenvalue weighted by atomic mass is 10.0. The Labute approximate surface area is 191 Å². The van der Waals surface area contributed by atoms with E-state index < -0.39 is 17.6 Å². The molecule has 0 bridgehead atoms. The van der Waals surface area contributed by atoms with Crippen LogP contribution in [0.15, 0.2) is 36.5 Å². The standard InChI is InChI=1S/C22H18ClF3N6O/c23-15-6-13-8-27-5-4-11(13)7-17(15)31-21-29-10-14(22(24,25)26)19(32-21)30-16-3-1-2-12-9-28-20(33)18(12)16/h1-3,6-7,10,27H,4-5,8-9H2,(H,28,33)(H2,29,30,31,32). The first-order chi connectivity index (χ1) is 15.8. The van der Waals surface area contributed by atoms with Crippen molar-refractivity contribution in [3.8, 4) is 0 Å².